The summed E-state index contributed by atoms with van der Waals surface area (Å²) in [7, 11) is 0. The Morgan fingerprint density at radius 1 is 1.44 bits per heavy atom. The first kappa shape index (κ1) is 6.99. The predicted molar refractivity (Wildman–Crippen MR) is 31.6 cm³/mol. The van der Waals surface area contributed by atoms with Gasteiger partial charge in [0.1, 0.15) is 0 Å². The molecule has 0 radical (unpaired) electrons. The van der Waals surface area contributed by atoms with Crippen molar-refractivity contribution in [1.29, 1.82) is 0 Å². The fourth-order valence-corrected chi connectivity index (χ4v) is 0.925. The van der Waals surface area contributed by atoms with Crippen LogP contribution in [0.3, 0.4) is 0 Å². The fourth-order valence-electron chi connectivity index (χ4n) is 0.925. The molecule has 54 valence electrons. The Kier molecular flexibility index (Phi) is 1.31. The Bertz CT molecular complexity index is 121. The van der Waals surface area contributed by atoms with Gasteiger partial charge in [0.05, 0.1) is 0 Å². The number of rotatable bonds is 2. The van der Waals surface area contributed by atoms with Crippen LogP contribution < -0.4 is 0 Å². The molecule has 3 nitrogen and oxygen atoms in total. The first-order chi connectivity index (χ1) is 4.02. The maximum atomic E-state index is 9.18. The second-order valence-electron chi connectivity index (χ2n) is 2.62. The van der Waals surface area contributed by atoms with Crippen molar-refractivity contribution >= 4 is 0 Å². The lowest BCUT2D eigenvalue weighted by atomic mass is 10.1. The van der Waals surface area contributed by atoms with Crippen LogP contribution >= 0.6 is 0 Å². The molecule has 2 N–H and O–H groups in total. The van der Waals surface area contributed by atoms with Crippen molar-refractivity contribution < 1.29 is 14.9 Å². The zero-order chi connectivity index (χ0) is 7.12. The molecular formula is C6H12O3. The summed E-state index contributed by atoms with van der Waals surface area (Å²) in [5.74, 6) is -2.54. The maximum Gasteiger partial charge on any atom is 0.223 e. The smallest absolute Gasteiger partial charge is 0.223 e. The van der Waals surface area contributed by atoms with Crippen molar-refractivity contribution in [3.63, 3.8) is 0 Å². The Labute approximate surface area is 54.3 Å². The SMILES string of the molecule is CCCC1(O)OC1(C)O. The van der Waals surface area contributed by atoms with Gasteiger partial charge in [0.15, 0.2) is 0 Å². The number of hydrogen-bond donors (Lipinski definition) is 2. The van der Waals surface area contributed by atoms with E-state index in [2.05, 4.69) is 4.74 Å². The zero-order valence-corrected chi connectivity index (χ0v) is 5.72. The number of ether oxygens (including phenoxy) is 1. The highest BCUT2D eigenvalue weighted by Gasteiger charge is 2.65. The van der Waals surface area contributed by atoms with Crippen LogP contribution in [0.15, 0.2) is 0 Å². The largest absolute Gasteiger partial charge is 0.361 e. The van der Waals surface area contributed by atoms with Crippen molar-refractivity contribution in [2.75, 3.05) is 0 Å². The molecule has 1 aliphatic rings. The van der Waals surface area contributed by atoms with Crippen molar-refractivity contribution in [3.05, 3.63) is 0 Å². The van der Waals surface area contributed by atoms with Crippen molar-refractivity contribution in [2.45, 2.75) is 38.3 Å². The van der Waals surface area contributed by atoms with Gasteiger partial charge in [0.2, 0.25) is 11.6 Å². The van der Waals surface area contributed by atoms with E-state index in [1.54, 1.807) is 0 Å². The van der Waals surface area contributed by atoms with Gasteiger partial charge in [-0.3, -0.25) is 0 Å². The minimum Gasteiger partial charge on any atom is -0.361 e. The molecule has 0 bridgehead atoms. The van der Waals surface area contributed by atoms with Gasteiger partial charge in [-0.05, 0) is 6.92 Å². The lowest BCUT2D eigenvalue weighted by molar-refractivity contribution is 0.0204. The Balaban J connectivity index is 2.42. The molecule has 9 heavy (non-hydrogen) atoms. The quantitative estimate of drug-likeness (QED) is 0.528. The standard InChI is InChI=1S/C6H12O3/c1-3-4-6(8)5(2,7)9-6/h7-8H,3-4H2,1-2H3. The average Bonchev–Trinajstić information content (AvgIpc) is 2.07. The molecule has 0 amide bonds. The topological polar surface area (TPSA) is 53.0 Å². The molecule has 1 aliphatic heterocycles. The summed E-state index contributed by atoms with van der Waals surface area (Å²) in [5, 5.41) is 18.2. The summed E-state index contributed by atoms with van der Waals surface area (Å²) in [6.45, 7) is 3.39. The second kappa shape index (κ2) is 1.68. The van der Waals surface area contributed by atoms with Crippen LogP contribution in [0.25, 0.3) is 0 Å². The molecule has 0 aromatic carbocycles. The summed E-state index contributed by atoms with van der Waals surface area (Å²) >= 11 is 0. The van der Waals surface area contributed by atoms with E-state index in [4.69, 9.17) is 5.11 Å². The van der Waals surface area contributed by atoms with Crippen molar-refractivity contribution in [3.8, 4) is 0 Å². The highest BCUT2D eigenvalue weighted by atomic mass is 16.8. The van der Waals surface area contributed by atoms with Crippen molar-refractivity contribution in [2.24, 2.45) is 0 Å². The third-order valence-electron chi connectivity index (χ3n) is 1.64. The predicted octanol–water partition coefficient (Wildman–Crippen LogP) is 0.214. The van der Waals surface area contributed by atoms with E-state index in [0.717, 1.165) is 6.42 Å². The van der Waals surface area contributed by atoms with Gasteiger partial charge in [0, 0.05) is 6.42 Å². The van der Waals surface area contributed by atoms with E-state index in [0.29, 0.717) is 6.42 Å². The van der Waals surface area contributed by atoms with E-state index in [1.807, 2.05) is 6.92 Å². The highest BCUT2D eigenvalue weighted by Crippen LogP contribution is 2.46. The van der Waals surface area contributed by atoms with E-state index >= 15 is 0 Å². The molecule has 0 aliphatic carbocycles. The van der Waals surface area contributed by atoms with E-state index in [9.17, 15) is 5.11 Å². The van der Waals surface area contributed by atoms with Crippen LogP contribution in [0.1, 0.15) is 26.7 Å². The summed E-state index contributed by atoms with van der Waals surface area (Å²) in [4.78, 5) is 0. The first-order valence-electron chi connectivity index (χ1n) is 3.17. The van der Waals surface area contributed by atoms with Gasteiger partial charge < -0.3 is 14.9 Å². The van der Waals surface area contributed by atoms with E-state index < -0.39 is 11.6 Å². The van der Waals surface area contributed by atoms with Gasteiger partial charge >= 0.3 is 0 Å². The zero-order valence-electron chi connectivity index (χ0n) is 5.72. The van der Waals surface area contributed by atoms with Gasteiger partial charge in [-0.25, -0.2) is 0 Å². The number of aliphatic hydroxyl groups is 2. The Morgan fingerprint density at radius 3 is 2.00 bits per heavy atom. The van der Waals surface area contributed by atoms with Crippen LogP contribution in [-0.4, -0.2) is 21.8 Å². The summed E-state index contributed by atoms with van der Waals surface area (Å²) in [5.41, 5.74) is 0. The van der Waals surface area contributed by atoms with Crippen LogP contribution in [0.5, 0.6) is 0 Å². The van der Waals surface area contributed by atoms with Crippen LogP contribution in [0.4, 0.5) is 0 Å². The van der Waals surface area contributed by atoms with Gasteiger partial charge in [-0.2, -0.15) is 0 Å². The van der Waals surface area contributed by atoms with Crippen LogP contribution in [0.2, 0.25) is 0 Å². The molecule has 0 spiro atoms. The molecular weight excluding hydrogens is 120 g/mol. The first-order valence-corrected chi connectivity index (χ1v) is 3.17. The molecule has 0 aromatic heterocycles. The second-order valence-corrected chi connectivity index (χ2v) is 2.62. The molecule has 1 saturated heterocycles. The van der Waals surface area contributed by atoms with Crippen LogP contribution in [0, 0.1) is 0 Å². The van der Waals surface area contributed by atoms with Crippen LogP contribution in [-0.2, 0) is 4.74 Å². The number of hydrogen-bond acceptors (Lipinski definition) is 3. The molecule has 1 heterocycles. The minimum atomic E-state index is -1.29. The lowest BCUT2D eigenvalue weighted by Gasteiger charge is -2.02. The molecule has 2 unspecified atom stereocenters. The van der Waals surface area contributed by atoms with Crippen molar-refractivity contribution in [1.82, 2.24) is 0 Å². The summed E-state index contributed by atoms with van der Waals surface area (Å²) < 4.78 is 4.64. The lowest BCUT2D eigenvalue weighted by Crippen LogP contribution is -2.21. The molecule has 2 atom stereocenters. The summed E-state index contributed by atoms with van der Waals surface area (Å²) in [6.07, 6.45) is 1.31. The molecule has 1 rings (SSSR count). The molecule has 0 saturated carbocycles. The molecule has 1 fully saturated rings. The minimum absolute atomic E-state index is 0.500. The highest BCUT2D eigenvalue weighted by molar-refractivity contribution is 4.95. The number of epoxide rings is 1. The fraction of sp³-hybridized carbons (Fsp3) is 1.00. The van der Waals surface area contributed by atoms with Gasteiger partial charge in [0.25, 0.3) is 0 Å². The van der Waals surface area contributed by atoms with E-state index in [1.165, 1.54) is 6.92 Å². The molecule has 0 aromatic rings. The van der Waals surface area contributed by atoms with Gasteiger partial charge in [-0.15, -0.1) is 0 Å². The summed E-state index contributed by atoms with van der Waals surface area (Å²) in [6, 6.07) is 0. The van der Waals surface area contributed by atoms with E-state index in [-0.39, 0.29) is 0 Å². The Morgan fingerprint density at radius 2 is 1.89 bits per heavy atom. The maximum absolute atomic E-state index is 9.18. The monoisotopic (exact) mass is 132 g/mol. The third-order valence-corrected chi connectivity index (χ3v) is 1.64. The van der Waals surface area contributed by atoms with Gasteiger partial charge in [-0.1, -0.05) is 13.3 Å². The normalized spacial score (nSPS) is 49.3. The molecule has 3 heteroatoms. The Hall–Kier alpha value is -0.120. The average molecular weight is 132 g/mol. The third kappa shape index (κ3) is 0.956.